The summed E-state index contributed by atoms with van der Waals surface area (Å²) >= 11 is 0. The van der Waals surface area contributed by atoms with E-state index in [1.807, 2.05) is 6.07 Å². The largest absolute Gasteiger partial charge is 0.206 e. The first-order valence-corrected chi connectivity index (χ1v) is 12.4. The third kappa shape index (κ3) is 5.21. The van der Waals surface area contributed by atoms with Crippen LogP contribution in [0, 0.1) is 41.0 Å². The van der Waals surface area contributed by atoms with Crippen LogP contribution in [-0.2, 0) is 0 Å². The molecule has 0 aromatic heterocycles. The fourth-order valence-electron chi connectivity index (χ4n) is 6.10. The Morgan fingerprint density at radius 3 is 1.88 bits per heavy atom. The molecule has 0 spiro atoms. The fraction of sp³-hybridized carbons (Fsp3) is 0.571. The summed E-state index contributed by atoms with van der Waals surface area (Å²) in [6.07, 6.45) is 14.1. The monoisotopic (exact) mass is 446 g/mol. The van der Waals surface area contributed by atoms with E-state index in [9.17, 15) is 17.6 Å². The molecular weight excluding hydrogens is 412 g/mol. The van der Waals surface area contributed by atoms with Gasteiger partial charge < -0.3 is 0 Å². The van der Waals surface area contributed by atoms with E-state index in [2.05, 4.69) is 6.92 Å². The molecule has 0 atom stereocenters. The Kier molecular flexibility index (Phi) is 7.58. The average molecular weight is 447 g/mol. The van der Waals surface area contributed by atoms with Gasteiger partial charge in [-0.25, -0.2) is 17.6 Å². The molecule has 4 heteroatoms. The van der Waals surface area contributed by atoms with Crippen LogP contribution in [0.15, 0.2) is 30.3 Å². The van der Waals surface area contributed by atoms with E-state index in [-0.39, 0.29) is 11.1 Å². The van der Waals surface area contributed by atoms with Gasteiger partial charge >= 0.3 is 0 Å². The highest BCUT2D eigenvalue weighted by atomic mass is 19.2. The summed E-state index contributed by atoms with van der Waals surface area (Å²) in [6.45, 7) is 2.27. The highest BCUT2D eigenvalue weighted by Gasteiger charge is 2.31. The van der Waals surface area contributed by atoms with Gasteiger partial charge in [0.25, 0.3) is 0 Å². The standard InChI is InChI=1S/C28H34F4/c1-2-3-4-18-5-7-19(8-6-18)20-9-11-21(12-10-20)22-13-14-24(25(29)15-22)23-16-26(30)28(32)27(31)17-23/h13-21H,2-12H2,1H3. The number of hydrogen-bond acceptors (Lipinski definition) is 0. The van der Waals surface area contributed by atoms with E-state index < -0.39 is 23.3 Å². The SMILES string of the molecule is CCCCC1CCC(C2CCC(c3ccc(-c4cc(F)c(F)c(F)c4)c(F)c3)CC2)CC1. The molecule has 174 valence electrons. The summed E-state index contributed by atoms with van der Waals surface area (Å²) in [5.74, 6) is -1.73. The Bertz CT molecular complexity index is 883. The van der Waals surface area contributed by atoms with E-state index in [0.29, 0.717) is 5.92 Å². The van der Waals surface area contributed by atoms with Crippen molar-refractivity contribution in [2.45, 2.75) is 83.5 Å². The lowest BCUT2D eigenvalue weighted by atomic mass is 9.68. The Labute approximate surface area is 189 Å². The fourth-order valence-corrected chi connectivity index (χ4v) is 6.10. The second-order valence-corrected chi connectivity index (χ2v) is 10.0. The van der Waals surface area contributed by atoms with Crippen molar-refractivity contribution in [1.82, 2.24) is 0 Å². The molecule has 2 aliphatic rings. The number of rotatable bonds is 6. The third-order valence-corrected chi connectivity index (χ3v) is 8.06. The molecule has 2 fully saturated rings. The minimum atomic E-state index is -1.53. The normalized spacial score (nSPS) is 26.3. The van der Waals surface area contributed by atoms with Gasteiger partial charge in [-0.2, -0.15) is 0 Å². The molecule has 0 amide bonds. The van der Waals surface area contributed by atoms with Gasteiger partial charge in [0.05, 0.1) is 0 Å². The highest BCUT2D eigenvalue weighted by Crippen LogP contribution is 2.45. The van der Waals surface area contributed by atoms with Crippen molar-refractivity contribution >= 4 is 0 Å². The molecule has 0 radical (unpaired) electrons. The second-order valence-electron chi connectivity index (χ2n) is 10.0. The number of benzene rings is 2. The first kappa shape index (κ1) is 23.3. The molecule has 0 saturated heterocycles. The van der Waals surface area contributed by atoms with E-state index in [4.69, 9.17) is 0 Å². The lowest BCUT2D eigenvalue weighted by molar-refractivity contribution is 0.156. The van der Waals surface area contributed by atoms with Crippen LogP contribution in [0.4, 0.5) is 17.6 Å². The number of hydrogen-bond donors (Lipinski definition) is 0. The van der Waals surface area contributed by atoms with Gasteiger partial charge in [0, 0.05) is 5.56 Å². The molecule has 32 heavy (non-hydrogen) atoms. The van der Waals surface area contributed by atoms with Crippen molar-refractivity contribution < 1.29 is 17.6 Å². The van der Waals surface area contributed by atoms with Gasteiger partial charge in [-0.15, -0.1) is 0 Å². The van der Waals surface area contributed by atoms with Crippen LogP contribution in [0.2, 0.25) is 0 Å². The lowest BCUT2D eigenvalue weighted by Gasteiger charge is -2.38. The molecule has 2 aromatic carbocycles. The van der Waals surface area contributed by atoms with Crippen molar-refractivity contribution in [2.75, 3.05) is 0 Å². The molecule has 0 heterocycles. The van der Waals surface area contributed by atoms with E-state index in [1.165, 1.54) is 63.9 Å². The van der Waals surface area contributed by atoms with Crippen molar-refractivity contribution in [3.63, 3.8) is 0 Å². The zero-order chi connectivity index (χ0) is 22.7. The summed E-state index contributed by atoms with van der Waals surface area (Å²) in [5, 5.41) is 0. The summed E-state index contributed by atoms with van der Waals surface area (Å²) < 4.78 is 55.1. The highest BCUT2D eigenvalue weighted by molar-refractivity contribution is 5.65. The van der Waals surface area contributed by atoms with Gasteiger partial charge in [0.15, 0.2) is 17.5 Å². The Morgan fingerprint density at radius 2 is 1.31 bits per heavy atom. The van der Waals surface area contributed by atoms with Crippen LogP contribution in [0.1, 0.15) is 89.0 Å². The molecule has 0 bridgehead atoms. The van der Waals surface area contributed by atoms with Crippen LogP contribution in [-0.4, -0.2) is 0 Å². The van der Waals surface area contributed by atoms with Crippen molar-refractivity contribution in [3.05, 3.63) is 59.2 Å². The minimum Gasteiger partial charge on any atom is -0.206 e. The van der Waals surface area contributed by atoms with Gasteiger partial charge in [-0.05, 0) is 91.5 Å². The molecule has 2 saturated carbocycles. The van der Waals surface area contributed by atoms with Crippen molar-refractivity contribution in [2.24, 2.45) is 17.8 Å². The summed E-state index contributed by atoms with van der Waals surface area (Å²) in [5.41, 5.74) is 1.07. The summed E-state index contributed by atoms with van der Waals surface area (Å²) in [4.78, 5) is 0. The maximum absolute atomic E-state index is 14.8. The van der Waals surface area contributed by atoms with Gasteiger partial charge in [0.2, 0.25) is 0 Å². The van der Waals surface area contributed by atoms with E-state index in [0.717, 1.165) is 48.3 Å². The van der Waals surface area contributed by atoms with Crippen LogP contribution in [0.3, 0.4) is 0 Å². The first-order chi connectivity index (χ1) is 15.5. The average Bonchev–Trinajstić information content (AvgIpc) is 2.81. The van der Waals surface area contributed by atoms with Gasteiger partial charge in [0.1, 0.15) is 5.82 Å². The molecule has 2 aromatic rings. The zero-order valence-corrected chi connectivity index (χ0v) is 19.0. The molecule has 0 unspecified atom stereocenters. The van der Waals surface area contributed by atoms with Crippen molar-refractivity contribution in [1.29, 1.82) is 0 Å². The predicted molar refractivity (Wildman–Crippen MR) is 121 cm³/mol. The smallest absolute Gasteiger partial charge is 0.194 e. The minimum absolute atomic E-state index is 0.0173. The second kappa shape index (κ2) is 10.4. The molecule has 0 nitrogen and oxygen atoms in total. The maximum atomic E-state index is 14.8. The van der Waals surface area contributed by atoms with E-state index in [1.54, 1.807) is 6.07 Å². The zero-order valence-electron chi connectivity index (χ0n) is 19.0. The topological polar surface area (TPSA) is 0 Å². The quantitative estimate of drug-likeness (QED) is 0.306. The van der Waals surface area contributed by atoms with Crippen molar-refractivity contribution in [3.8, 4) is 11.1 Å². The predicted octanol–water partition coefficient (Wildman–Crippen LogP) is 9.18. The first-order valence-electron chi connectivity index (χ1n) is 12.4. The Hall–Kier alpha value is -1.84. The summed E-state index contributed by atoms with van der Waals surface area (Å²) in [6, 6.07) is 6.62. The molecule has 2 aliphatic carbocycles. The Morgan fingerprint density at radius 1 is 0.719 bits per heavy atom. The maximum Gasteiger partial charge on any atom is 0.194 e. The molecule has 4 rings (SSSR count). The van der Waals surface area contributed by atoms with Crippen LogP contribution < -0.4 is 0 Å². The number of unbranched alkanes of at least 4 members (excludes halogenated alkanes) is 1. The molecular formula is C28H34F4. The third-order valence-electron chi connectivity index (χ3n) is 8.06. The number of halogens is 4. The van der Waals surface area contributed by atoms with Gasteiger partial charge in [-0.1, -0.05) is 51.2 Å². The van der Waals surface area contributed by atoms with Crippen LogP contribution in [0.25, 0.3) is 11.1 Å². The molecule has 0 N–H and O–H groups in total. The van der Waals surface area contributed by atoms with Crippen LogP contribution >= 0.6 is 0 Å². The van der Waals surface area contributed by atoms with Gasteiger partial charge in [-0.3, -0.25) is 0 Å². The lowest BCUT2D eigenvalue weighted by Crippen LogP contribution is -2.25. The molecule has 0 aliphatic heterocycles. The van der Waals surface area contributed by atoms with E-state index >= 15 is 0 Å². The summed E-state index contributed by atoms with van der Waals surface area (Å²) in [7, 11) is 0. The Balaban J connectivity index is 1.35. The van der Waals surface area contributed by atoms with Crippen LogP contribution in [0.5, 0.6) is 0 Å².